The van der Waals surface area contributed by atoms with Crippen molar-refractivity contribution in [2.45, 2.75) is 32.2 Å². The molecule has 1 fully saturated rings. The van der Waals surface area contributed by atoms with E-state index in [0.717, 1.165) is 30.9 Å². The molecule has 2 aliphatic heterocycles. The lowest BCUT2D eigenvalue weighted by molar-refractivity contribution is 0.0888. The summed E-state index contributed by atoms with van der Waals surface area (Å²) in [4.78, 5) is 23.4. The summed E-state index contributed by atoms with van der Waals surface area (Å²) in [6.45, 7) is 6.80. The fourth-order valence-electron chi connectivity index (χ4n) is 3.98. The summed E-state index contributed by atoms with van der Waals surface area (Å²) in [6.07, 6.45) is 2.01. The molecule has 3 rings (SSSR count). The second-order valence-electron chi connectivity index (χ2n) is 6.74. The highest BCUT2D eigenvalue weighted by Gasteiger charge is 2.43. The number of H-pyrrole nitrogens is 1. The molecule has 1 aromatic heterocycles. The molecule has 3 heterocycles. The zero-order valence-electron chi connectivity index (χ0n) is 12.9. The number of nitrogens with zero attached hydrogens (tertiary/aromatic N) is 3. The molecule has 0 aromatic carbocycles. The molecule has 0 spiro atoms. The Kier molecular flexibility index (Phi) is 3.65. The lowest BCUT2D eigenvalue weighted by Gasteiger charge is -2.40. The number of nitrogens with one attached hydrogen (secondary N) is 1. The van der Waals surface area contributed by atoms with Crippen molar-refractivity contribution in [3.05, 3.63) is 17.7 Å². The van der Waals surface area contributed by atoms with Crippen molar-refractivity contribution >= 4 is 6.09 Å². The van der Waals surface area contributed by atoms with Gasteiger partial charge in [-0.2, -0.15) is 0 Å². The molecule has 1 amide bonds. The first-order chi connectivity index (χ1) is 9.99. The number of hydrogen-bond acceptors (Lipinski definition) is 3. The molecular weight excluding hydrogens is 268 g/mol. The van der Waals surface area contributed by atoms with E-state index >= 15 is 0 Å². The smallest absolute Gasteiger partial charge is 0.407 e. The van der Waals surface area contributed by atoms with Crippen molar-refractivity contribution in [1.82, 2.24) is 19.8 Å². The standard InChI is InChI=1S/C15H24N4O2/c1-9(2)14-13-12(16-8-17-13)11(7-19(14)15(20)21)10-4-5-18(3)6-10/h8-11,14H,4-7H2,1-3H3,(H,16,17)(H,20,21)/t10-,11?,14?/m1/s1. The number of aromatic amines is 1. The Morgan fingerprint density at radius 3 is 2.81 bits per heavy atom. The lowest BCUT2D eigenvalue weighted by Crippen LogP contribution is -2.45. The molecule has 0 bridgehead atoms. The number of carboxylic acid groups (broad SMARTS) is 1. The van der Waals surface area contributed by atoms with Crippen LogP contribution in [0.4, 0.5) is 4.79 Å². The first-order valence-corrected chi connectivity index (χ1v) is 7.70. The Balaban J connectivity index is 1.97. The Bertz CT molecular complexity index is 527. The first-order valence-electron chi connectivity index (χ1n) is 7.70. The number of carbonyl (C=O) groups is 1. The predicted octanol–water partition coefficient (Wildman–Crippen LogP) is 2.14. The molecule has 0 aliphatic carbocycles. The summed E-state index contributed by atoms with van der Waals surface area (Å²) in [5.74, 6) is 0.932. The molecule has 2 N–H and O–H groups in total. The third-order valence-corrected chi connectivity index (χ3v) is 4.95. The van der Waals surface area contributed by atoms with Crippen LogP contribution in [0.5, 0.6) is 0 Å². The minimum atomic E-state index is -0.828. The highest BCUT2D eigenvalue weighted by Crippen LogP contribution is 2.43. The van der Waals surface area contributed by atoms with E-state index < -0.39 is 6.09 Å². The monoisotopic (exact) mass is 292 g/mol. The van der Waals surface area contributed by atoms with Crippen LogP contribution in [0.2, 0.25) is 0 Å². The summed E-state index contributed by atoms with van der Waals surface area (Å²) < 4.78 is 0. The number of imidazole rings is 1. The van der Waals surface area contributed by atoms with Gasteiger partial charge in [0.1, 0.15) is 0 Å². The lowest BCUT2D eigenvalue weighted by atomic mass is 9.81. The van der Waals surface area contributed by atoms with Gasteiger partial charge in [0.05, 0.1) is 23.8 Å². The van der Waals surface area contributed by atoms with Gasteiger partial charge in [-0.05, 0) is 31.8 Å². The predicted molar refractivity (Wildman–Crippen MR) is 79.2 cm³/mol. The van der Waals surface area contributed by atoms with Gasteiger partial charge < -0.3 is 15.0 Å². The third kappa shape index (κ3) is 2.41. The van der Waals surface area contributed by atoms with Crippen LogP contribution < -0.4 is 0 Å². The normalized spacial score (nSPS) is 29.9. The average molecular weight is 292 g/mol. The van der Waals surface area contributed by atoms with E-state index in [1.807, 2.05) is 0 Å². The molecule has 3 atom stereocenters. The number of rotatable bonds is 2. The Morgan fingerprint density at radius 2 is 2.24 bits per heavy atom. The number of aromatic nitrogens is 2. The zero-order valence-corrected chi connectivity index (χ0v) is 12.9. The summed E-state index contributed by atoms with van der Waals surface area (Å²) >= 11 is 0. The Morgan fingerprint density at radius 1 is 1.48 bits per heavy atom. The minimum Gasteiger partial charge on any atom is -0.465 e. The molecule has 0 saturated carbocycles. The van der Waals surface area contributed by atoms with Gasteiger partial charge in [-0.1, -0.05) is 13.8 Å². The average Bonchev–Trinajstić information content (AvgIpc) is 3.04. The number of likely N-dealkylation sites (tertiary alicyclic amines) is 1. The topological polar surface area (TPSA) is 72.5 Å². The van der Waals surface area contributed by atoms with Crippen molar-refractivity contribution < 1.29 is 9.90 Å². The molecule has 6 nitrogen and oxygen atoms in total. The summed E-state index contributed by atoms with van der Waals surface area (Å²) in [5, 5.41) is 9.61. The van der Waals surface area contributed by atoms with Crippen molar-refractivity contribution in [3.8, 4) is 0 Å². The summed E-state index contributed by atoms with van der Waals surface area (Å²) in [6, 6.07) is -0.115. The minimum absolute atomic E-state index is 0.115. The van der Waals surface area contributed by atoms with Crippen LogP contribution in [-0.4, -0.2) is 57.6 Å². The van der Waals surface area contributed by atoms with E-state index in [1.54, 1.807) is 11.2 Å². The van der Waals surface area contributed by atoms with Crippen molar-refractivity contribution in [2.24, 2.45) is 11.8 Å². The fourth-order valence-corrected chi connectivity index (χ4v) is 3.98. The Labute approximate surface area is 125 Å². The molecule has 1 aromatic rings. The molecule has 2 aliphatic rings. The van der Waals surface area contributed by atoms with Gasteiger partial charge in [0, 0.05) is 19.0 Å². The van der Waals surface area contributed by atoms with Crippen molar-refractivity contribution in [2.75, 3.05) is 26.7 Å². The van der Waals surface area contributed by atoms with Crippen LogP contribution >= 0.6 is 0 Å². The SMILES string of the molecule is CC(C)C1c2[nH]cnc2C([C@@H]2CCN(C)C2)CN1C(=O)O. The maximum Gasteiger partial charge on any atom is 0.407 e. The fraction of sp³-hybridized carbons (Fsp3) is 0.733. The molecule has 116 valence electrons. The Hall–Kier alpha value is -1.56. The van der Waals surface area contributed by atoms with Crippen LogP contribution in [-0.2, 0) is 0 Å². The second-order valence-corrected chi connectivity index (χ2v) is 6.74. The zero-order chi connectivity index (χ0) is 15.1. The van der Waals surface area contributed by atoms with Crippen LogP contribution in [0.1, 0.15) is 43.6 Å². The van der Waals surface area contributed by atoms with Gasteiger partial charge in [0.15, 0.2) is 0 Å². The van der Waals surface area contributed by atoms with Gasteiger partial charge in [-0.15, -0.1) is 0 Å². The number of amides is 1. The van der Waals surface area contributed by atoms with E-state index in [1.165, 1.54) is 0 Å². The molecule has 21 heavy (non-hydrogen) atoms. The molecule has 1 saturated heterocycles. The highest BCUT2D eigenvalue weighted by atomic mass is 16.4. The molecule has 6 heteroatoms. The van der Waals surface area contributed by atoms with Gasteiger partial charge in [0.2, 0.25) is 0 Å². The number of fused-ring (bicyclic) bond motifs is 1. The number of hydrogen-bond donors (Lipinski definition) is 2. The van der Waals surface area contributed by atoms with E-state index in [-0.39, 0.29) is 17.9 Å². The van der Waals surface area contributed by atoms with E-state index in [4.69, 9.17) is 0 Å². The van der Waals surface area contributed by atoms with Crippen LogP contribution in [0.25, 0.3) is 0 Å². The van der Waals surface area contributed by atoms with Crippen molar-refractivity contribution in [1.29, 1.82) is 0 Å². The van der Waals surface area contributed by atoms with E-state index in [9.17, 15) is 9.90 Å². The van der Waals surface area contributed by atoms with Crippen LogP contribution in [0.15, 0.2) is 6.33 Å². The molecule has 2 unspecified atom stereocenters. The first kappa shape index (κ1) is 14.4. The second kappa shape index (κ2) is 5.33. The van der Waals surface area contributed by atoms with Gasteiger partial charge in [-0.3, -0.25) is 4.90 Å². The molecular formula is C15H24N4O2. The largest absolute Gasteiger partial charge is 0.465 e. The van der Waals surface area contributed by atoms with Gasteiger partial charge >= 0.3 is 6.09 Å². The van der Waals surface area contributed by atoms with Crippen molar-refractivity contribution in [3.63, 3.8) is 0 Å². The van der Waals surface area contributed by atoms with E-state index in [0.29, 0.717) is 12.5 Å². The van der Waals surface area contributed by atoms with Crippen LogP contribution in [0.3, 0.4) is 0 Å². The molecule has 0 radical (unpaired) electrons. The maximum absolute atomic E-state index is 11.7. The maximum atomic E-state index is 11.7. The highest BCUT2D eigenvalue weighted by molar-refractivity contribution is 5.66. The third-order valence-electron chi connectivity index (χ3n) is 4.95. The summed E-state index contributed by atoms with van der Waals surface area (Å²) in [7, 11) is 2.13. The van der Waals surface area contributed by atoms with Crippen LogP contribution in [0, 0.1) is 11.8 Å². The summed E-state index contributed by atoms with van der Waals surface area (Å²) in [5.41, 5.74) is 2.09. The van der Waals surface area contributed by atoms with E-state index in [2.05, 4.69) is 35.8 Å². The van der Waals surface area contributed by atoms with Gasteiger partial charge in [-0.25, -0.2) is 9.78 Å². The quantitative estimate of drug-likeness (QED) is 0.876. The van der Waals surface area contributed by atoms with Gasteiger partial charge in [0.25, 0.3) is 0 Å².